The van der Waals surface area contributed by atoms with Gasteiger partial charge in [-0.15, -0.1) is 0 Å². The van der Waals surface area contributed by atoms with Crippen LogP contribution in [0.1, 0.15) is 18.4 Å². The smallest absolute Gasteiger partial charge is 0.419 e. The summed E-state index contributed by atoms with van der Waals surface area (Å²) in [5, 5.41) is 2.88. The predicted molar refractivity (Wildman–Crippen MR) is 94.5 cm³/mol. The van der Waals surface area contributed by atoms with Gasteiger partial charge in [0.2, 0.25) is 5.91 Å². The summed E-state index contributed by atoms with van der Waals surface area (Å²) < 4.78 is 11.9. The Bertz CT molecular complexity index is 926. The van der Waals surface area contributed by atoms with Gasteiger partial charge in [0, 0.05) is 19.5 Å². The predicted octanol–water partition coefficient (Wildman–Crippen LogP) is 2.70. The number of rotatable bonds is 7. The SMILES string of the molecule is COc1cccc(CNC(=O)CCCn2c(=O)oc3ccccc32)c1. The molecule has 1 aromatic heterocycles. The van der Waals surface area contributed by atoms with E-state index in [2.05, 4.69) is 5.32 Å². The number of para-hydroxylation sites is 2. The molecule has 6 heteroatoms. The van der Waals surface area contributed by atoms with Crippen LogP contribution in [0.5, 0.6) is 5.75 Å². The Balaban J connectivity index is 1.50. The van der Waals surface area contributed by atoms with Gasteiger partial charge >= 0.3 is 5.76 Å². The van der Waals surface area contributed by atoms with E-state index in [0.717, 1.165) is 16.8 Å². The number of hydrogen-bond acceptors (Lipinski definition) is 4. The molecule has 0 aliphatic heterocycles. The maximum Gasteiger partial charge on any atom is 0.419 e. The number of nitrogens with zero attached hydrogens (tertiary/aromatic N) is 1. The number of aromatic nitrogens is 1. The van der Waals surface area contributed by atoms with Crippen LogP contribution in [0.2, 0.25) is 0 Å². The van der Waals surface area contributed by atoms with E-state index >= 15 is 0 Å². The standard InChI is InChI=1S/C19H20N2O4/c1-24-15-7-4-6-14(12-15)13-20-18(22)10-5-11-21-16-8-2-3-9-17(16)25-19(21)23/h2-4,6-9,12H,5,10-11,13H2,1H3,(H,20,22). The molecule has 0 atom stereocenters. The quantitative estimate of drug-likeness (QED) is 0.718. The molecule has 130 valence electrons. The van der Waals surface area contributed by atoms with Crippen LogP contribution in [-0.4, -0.2) is 17.6 Å². The molecule has 1 N–H and O–H groups in total. The van der Waals surface area contributed by atoms with Gasteiger partial charge in [0.1, 0.15) is 5.75 Å². The van der Waals surface area contributed by atoms with Gasteiger partial charge in [-0.1, -0.05) is 24.3 Å². The van der Waals surface area contributed by atoms with Gasteiger partial charge in [-0.2, -0.15) is 0 Å². The van der Waals surface area contributed by atoms with Gasteiger partial charge in [-0.05, 0) is 36.2 Å². The number of oxazole rings is 1. The van der Waals surface area contributed by atoms with Gasteiger partial charge < -0.3 is 14.5 Å². The van der Waals surface area contributed by atoms with Crippen molar-refractivity contribution in [2.24, 2.45) is 0 Å². The molecule has 0 unspecified atom stereocenters. The Labute approximate surface area is 145 Å². The van der Waals surface area contributed by atoms with Crippen molar-refractivity contribution in [2.45, 2.75) is 25.9 Å². The van der Waals surface area contributed by atoms with Crippen molar-refractivity contribution in [2.75, 3.05) is 7.11 Å². The second-order valence-corrected chi connectivity index (χ2v) is 5.72. The number of ether oxygens (including phenoxy) is 1. The second kappa shape index (κ2) is 7.70. The third-order valence-electron chi connectivity index (χ3n) is 3.98. The second-order valence-electron chi connectivity index (χ2n) is 5.72. The Morgan fingerprint density at radius 1 is 1.20 bits per heavy atom. The first kappa shape index (κ1) is 16.8. The minimum Gasteiger partial charge on any atom is -0.497 e. The number of hydrogen-bond donors (Lipinski definition) is 1. The van der Waals surface area contributed by atoms with Crippen LogP contribution in [-0.2, 0) is 17.9 Å². The highest BCUT2D eigenvalue weighted by Gasteiger charge is 2.09. The molecule has 25 heavy (non-hydrogen) atoms. The molecule has 0 saturated heterocycles. The van der Waals surface area contributed by atoms with Gasteiger partial charge in [0.15, 0.2) is 5.58 Å². The molecule has 2 aromatic carbocycles. The third kappa shape index (κ3) is 4.09. The highest BCUT2D eigenvalue weighted by atomic mass is 16.5. The van der Waals surface area contributed by atoms with E-state index in [1.807, 2.05) is 42.5 Å². The molecule has 6 nitrogen and oxygen atoms in total. The summed E-state index contributed by atoms with van der Waals surface area (Å²) in [6.45, 7) is 0.896. The molecule has 0 aliphatic carbocycles. The molecule has 3 aromatic rings. The summed E-state index contributed by atoms with van der Waals surface area (Å²) in [6.07, 6.45) is 0.906. The van der Waals surface area contributed by atoms with Crippen LogP contribution < -0.4 is 15.8 Å². The van der Waals surface area contributed by atoms with Gasteiger partial charge in [-0.3, -0.25) is 9.36 Å². The summed E-state index contributed by atoms with van der Waals surface area (Å²) in [5.74, 6) is 0.319. The van der Waals surface area contributed by atoms with E-state index in [0.29, 0.717) is 31.5 Å². The molecule has 1 amide bonds. The Hall–Kier alpha value is -3.02. The average Bonchev–Trinajstić information content (AvgIpc) is 2.96. The van der Waals surface area contributed by atoms with Crippen LogP contribution in [0.4, 0.5) is 0 Å². The van der Waals surface area contributed by atoms with Crippen molar-refractivity contribution in [3.8, 4) is 5.75 Å². The number of carbonyl (C=O) groups is 1. The number of methoxy groups -OCH3 is 1. The number of nitrogens with one attached hydrogen (secondary N) is 1. The molecule has 0 spiro atoms. The number of benzene rings is 2. The third-order valence-corrected chi connectivity index (χ3v) is 3.98. The largest absolute Gasteiger partial charge is 0.497 e. The molecule has 1 heterocycles. The normalized spacial score (nSPS) is 10.8. The number of fused-ring (bicyclic) bond motifs is 1. The molecule has 0 saturated carbocycles. The highest BCUT2D eigenvalue weighted by molar-refractivity contribution is 5.76. The fourth-order valence-corrected chi connectivity index (χ4v) is 2.69. The van der Waals surface area contributed by atoms with Crippen LogP contribution in [0.3, 0.4) is 0 Å². The lowest BCUT2D eigenvalue weighted by Crippen LogP contribution is -2.23. The minimum atomic E-state index is -0.391. The highest BCUT2D eigenvalue weighted by Crippen LogP contribution is 2.13. The Morgan fingerprint density at radius 3 is 2.88 bits per heavy atom. The zero-order valence-electron chi connectivity index (χ0n) is 14.0. The molecular weight excluding hydrogens is 320 g/mol. The minimum absolute atomic E-state index is 0.0522. The van der Waals surface area contributed by atoms with Gasteiger partial charge in [0.25, 0.3) is 0 Å². The molecule has 0 bridgehead atoms. The van der Waals surface area contributed by atoms with Crippen molar-refractivity contribution in [3.05, 3.63) is 64.6 Å². The number of carbonyl (C=O) groups excluding carboxylic acids is 1. The van der Waals surface area contributed by atoms with E-state index in [9.17, 15) is 9.59 Å². The maximum atomic E-state index is 12.0. The van der Waals surface area contributed by atoms with E-state index < -0.39 is 5.76 Å². The summed E-state index contributed by atoms with van der Waals surface area (Å²) in [5.41, 5.74) is 2.30. The molecule has 0 aliphatic rings. The van der Waals surface area contributed by atoms with Crippen molar-refractivity contribution >= 4 is 17.0 Å². The van der Waals surface area contributed by atoms with Gasteiger partial charge in [0.05, 0.1) is 12.6 Å². The summed E-state index contributed by atoms with van der Waals surface area (Å²) in [7, 11) is 1.61. The summed E-state index contributed by atoms with van der Waals surface area (Å²) in [4.78, 5) is 23.9. The fraction of sp³-hybridized carbons (Fsp3) is 0.263. The summed E-state index contributed by atoms with van der Waals surface area (Å²) >= 11 is 0. The van der Waals surface area contributed by atoms with Crippen LogP contribution in [0, 0.1) is 0 Å². The first-order chi connectivity index (χ1) is 12.2. The lowest BCUT2D eigenvalue weighted by Gasteiger charge is -2.07. The average molecular weight is 340 g/mol. The fourth-order valence-electron chi connectivity index (χ4n) is 2.69. The maximum absolute atomic E-state index is 12.0. The Kier molecular flexibility index (Phi) is 5.18. The zero-order valence-corrected chi connectivity index (χ0v) is 14.0. The molecule has 3 rings (SSSR count). The first-order valence-electron chi connectivity index (χ1n) is 8.15. The van der Waals surface area contributed by atoms with Crippen LogP contribution in [0.15, 0.2) is 57.7 Å². The summed E-state index contributed by atoms with van der Waals surface area (Å²) in [6, 6.07) is 14.8. The monoisotopic (exact) mass is 340 g/mol. The lowest BCUT2D eigenvalue weighted by atomic mass is 10.2. The van der Waals surface area contributed by atoms with Gasteiger partial charge in [-0.25, -0.2) is 4.79 Å². The van der Waals surface area contributed by atoms with Crippen molar-refractivity contribution in [3.63, 3.8) is 0 Å². The zero-order chi connectivity index (χ0) is 17.6. The van der Waals surface area contributed by atoms with Crippen LogP contribution in [0.25, 0.3) is 11.1 Å². The molecular formula is C19H20N2O4. The van der Waals surface area contributed by atoms with E-state index in [4.69, 9.17) is 9.15 Å². The number of amides is 1. The lowest BCUT2D eigenvalue weighted by molar-refractivity contribution is -0.121. The topological polar surface area (TPSA) is 73.5 Å². The Morgan fingerprint density at radius 2 is 2.04 bits per heavy atom. The van der Waals surface area contributed by atoms with E-state index in [1.165, 1.54) is 0 Å². The molecule has 0 radical (unpaired) electrons. The van der Waals surface area contributed by atoms with E-state index in [-0.39, 0.29) is 5.91 Å². The number of aryl methyl sites for hydroxylation is 1. The first-order valence-corrected chi connectivity index (χ1v) is 8.15. The molecule has 0 fully saturated rings. The van der Waals surface area contributed by atoms with Crippen molar-refractivity contribution in [1.82, 2.24) is 9.88 Å². The van der Waals surface area contributed by atoms with E-state index in [1.54, 1.807) is 17.7 Å². The van der Waals surface area contributed by atoms with Crippen molar-refractivity contribution < 1.29 is 13.9 Å². The van der Waals surface area contributed by atoms with Crippen molar-refractivity contribution in [1.29, 1.82) is 0 Å². The van der Waals surface area contributed by atoms with Crippen LogP contribution >= 0.6 is 0 Å².